The highest BCUT2D eigenvalue weighted by molar-refractivity contribution is 6.31. The number of nitrogens with one attached hydrogen (secondary N) is 1. The van der Waals surface area contributed by atoms with Gasteiger partial charge in [0.2, 0.25) is 0 Å². The van der Waals surface area contributed by atoms with Crippen LogP contribution in [0.5, 0.6) is 5.75 Å². The fourth-order valence-electron chi connectivity index (χ4n) is 2.22. The van der Waals surface area contributed by atoms with Crippen LogP contribution in [0.2, 0.25) is 5.02 Å². The van der Waals surface area contributed by atoms with Crippen molar-refractivity contribution in [2.45, 2.75) is 25.9 Å². The first-order valence-corrected chi connectivity index (χ1v) is 6.89. The van der Waals surface area contributed by atoms with Gasteiger partial charge in [0.15, 0.2) is 0 Å². The number of benzene rings is 1. The largest absolute Gasteiger partial charge is 0.497 e. The monoisotopic (exact) mass is 312 g/mol. The van der Waals surface area contributed by atoms with Gasteiger partial charge in [-0.25, -0.2) is 9.82 Å². The SMILES string of the molecule is COc1ccc(C(NN)c2c(Cl)cnn2C(C)C)c(F)c1. The molecule has 0 bridgehead atoms. The van der Waals surface area contributed by atoms with E-state index in [9.17, 15) is 4.39 Å². The van der Waals surface area contributed by atoms with Gasteiger partial charge < -0.3 is 4.74 Å². The molecule has 0 aliphatic heterocycles. The highest BCUT2D eigenvalue weighted by Gasteiger charge is 2.25. The van der Waals surface area contributed by atoms with E-state index in [1.165, 1.54) is 19.4 Å². The number of rotatable bonds is 5. The lowest BCUT2D eigenvalue weighted by Crippen LogP contribution is -2.32. The number of halogens is 2. The molecule has 0 spiro atoms. The molecule has 2 rings (SSSR count). The molecule has 0 radical (unpaired) electrons. The minimum atomic E-state index is -0.603. The molecule has 5 nitrogen and oxygen atoms in total. The molecular weight excluding hydrogens is 295 g/mol. The number of hydrogen-bond donors (Lipinski definition) is 2. The summed E-state index contributed by atoms with van der Waals surface area (Å²) in [4.78, 5) is 0. The molecule has 1 aromatic heterocycles. The zero-order valence-electron chi connectivity index (χ0n) is 12.1. The van der Waals surface area contributed by atoms with Crippen molar-refractivity contribution in [2.75, 3.05) is 7.11 Å². The van der Waals surface area contributed by atoms with Crippen molar-refractivity contribution in [3.8, 4) is 5.75 Å². The third-order valence-corrected chi connectivity index (χ3v) is 3.53. The van der Waals surface area contributed by atoms with Gasteiger partial charge in [-0.2, -0.15) is 5.10 Å². The predicted molar refractivity (Wildman–Crippen MR) is 79.7 cm³/mol. The van der Waals surface area contributed by atoms with Gasteiger partial charge in [0, 0.05) is 17.7 Å². The van der Waals surface area contributed by atoms with Gasteiger partial charge in [0.05, 0.1) is 30.1 Å². The van der Waals surface area contributed by atoms with Crippen LogP contribution in [0, 0.1) is 5.82 Å². The van der Waals surface area contributed by atoms with E-state index in [4.69, 9.17) is 22.2 Å². The highest BCUT2D eigenvalue weighted by Crippen LogP contribution is 2.32. The van der Waals surface area contributed by atoms with Gasteiger partial charge in [-0.15, -0.1) is 0 Å². The molecule has 114 valence electrons. The fraction of sp³-hybridized carbons (Fsp3) is 0.357. The average molecular weight is 313 g/mol. The normalized spacial score (nSPS) is 12.7. The van der Waals surface area contributed by atoms with Crippen LogP contribution in [0.4, 0.5) is 4.39 Å². The second-order valence-corrected chi connectivity index (χ2v) is 5.31. The number of methoxy groups -OCH3 is 1. The molecule has 0 fully saturated rings. The summed E-state index contributed by atoms with van der Waals surface area (Å²) in [7, 11) is 1.48. The van der Waals surface area contributed by atoms with Gasteiger partial charge in [-0.05, 0) is 19.9 Å². The molecule has 0 amide bonds. The molecule has 21 heavy (non-hydrogen) atoms. The van der Waals surface area contributed by atoms with Crippen LogP contribution >= 0.6 is 11.6 Å². The van der Waals surface area contributed by atoms with E-state index in [-0.39, 0.29) is 6.04 Å². The Labute approximate surface area is 127 Å². The van der Waals surface area contributed by atoms with Gasteiger partial charge >= 0.3 is 0 Å². The van der Waals surface area contributed by atoms with E-state index in [1.54, 1.807) is 16.8 Å². The number of hydrogen-bond acceptors (Lipinski definition) is 4. The second kappa shape index (κ2) is 6.43. The van der Waals surface area contributed by atoms with Crippen LogP contribution in [0.3, 0.4) is 0 Å². The number of nitrogens with two attached hydrogens (primary N) is 1. The molecule has 1 aromatic carbocycles. The first-order chi connectivity index (χ1) is 9.99. The summed E-state index contributed by atoms with van der Waals surface area (Å²) in [6.45, 7) is 3.93. The summed E-state index contributed by atoms with van der Waals surface area (Å²) in [5, 5.41) is 4.65. The van der Waals surface area contributed by atoms with Crippen molar-refractivity contribution >= 4 is 11.6 Å². The molecular formula is C14H18ClFN4O. The fourth-order valence-corrected chi connectivity index (χ4v) is 2.46. The smallest absolute Gasteiger partial charge is 0.132 e. The molecule has 0 saturated carbocycles. The molecule has 2 aromatic rings. The van der Waals surface area contributed by atoms with Crippen molar-refractivity contribution in [1.82, 2.24) is 15.2 Å². The summed E-state index contributed by atoms with van der Waals surface area (Å²) < 4.78 is 21.0. The van der Waals surface area contributed by atoms with Crippen molar-refractivity contribution in [3.05, 3.63) is 46.5 Å². The topological polar surface area (TPSA) is 65.1 Å². The minimum Gasteiger partial charge on any atom is -0.497 e. The van der Waals surface area contributed by atoms with Crippen LogP contribution in [-0.4, -0.2) is 16.9 Å². The van der Waals surface area contributed by atoms with Crippen molar-refractivity contribution in [2.24, 2.45) is 5.84 Å². The molecule has 0 saturated heterocycles. The molecule has 1 atom stereocenters. The maximum Gasteiger partial charge on any atom is 0.132 e. The number of nitrogens with zero attached hydrogens (tertiary/aromatic N) is 2. The lowest BCUT2D eigenvalue weighted by Gasteiger charge is -2.21. The first kappa shape index (κ1) is 15.8. The molecule has 1 unspecified atom stereocenters. The Morgan fingerprint density at radius 1 is 1.43 bits per heavy atom. The van der Waals surface area contributed by atoms with Crippen LogP contribution < -0.4 is 16.0 Å². The molecule has 7 heteroatoms. The molecule has 3 N–H and O–H groups in total. The van der Waals surface area contributed by atoms with Crippen molar-refractivity contribution < 1.29 is 9.13 Å². The maximum atomic E-state index is 14.3. The predicted octanol–water partition coefficient (Wildman–Crippen LogP) is 2.82. The van der Waals surface area contributed by atoms with Gasteiger partial charge in [-0.1, -0.05) is 17.7 Å². The van der Waals surface area contributed by atoms with E-state index in [2.05, 4.69) is 10.5 Å². The minimum absolute atomic E-state index is 0.0738. The average Bonchev–Trinajstić information content (AvgIpc) is 2.83. The zero-order chi connectivity index (χ0) is 15.6. The van der Waals surface area contributed by atoms with E-state index >= 15 is 0 Å². The molecule has 0 aliphatic carbocycles. The Morgan fingerprint density at radius 3 is 2.67 bits per heavy atom. The second-order valence-electron chi connectivity index (χ2n) is 4.90. The zero-order valence-corrected chi connectivity index (χ0v) is 12.9. The van der Waals surface area contributed by atoms with Gasteiger partial charge in [-0.3, -0.25) is 10.5 Å². The van der Waals surface area contributed by atoms with Crippen molar-refractivity contribution in [3.63, 3.8) is 0 Å². The lowest BCUT2D eigenvalue weighted by molar-refractivity contribution is 0.409. The lowest BCUT2D eigenvalue weighted by atomic mass is 10.0. The summed E-state index contributed by atoms with van der Waals surface area (Å²) in [5.74, 6) is 5.64. The third kappa shape index (κ3) is 3.02. The first-order valence-electron chi connectivity index (χ1n) is 6.52. The van der Waals surface area contributed by atoms with Crippen LogP contribution in [-0.2, 0) is 0 Å². The Bertz CT molecular complexity index is 629. The third-order valence-electron chi connectivity index (χ3n) is 3.23. The Hall–Kier alpha value is -1.63. The van der Waals surface area contributed by atoms with E-state index < -0.39 is 11.9 Å². The van der Waals surface area contributed by atoms with Gasteiger partial charge in [0.1, 0.15) is 11.6 Å². The number of ether oxygens (including phenoxy) is 1. The standard InChI is InChI=1S/C14H18ClFN4O/c1-8(2)20-14(11(15)7-18-20)13(19-17)10-5-4-9(21-3)6-12(10)16/h4-8,13,19H,17H2,1-3H3. The quantitative estimate of drug-likeness (QED) is 0.658. The van der Waals surface area contributed by atoms with E-state index in [1.807, 2.05) is 13.8 Å². The van der Waals surface area contributed by atoms with Crippen LogP contribution in [0.15, 0.2) is 24.4 Å². The summed E-state index contributed by atoms with van der Waals surface area (Å²) >= 11 is 6.20. The molecule has 1 heterocycles. The maximum absolute atomic E-state index is 14.3. The summed E-state index contributed by atoms with van der Waals surface area (Å²) in [5.41, 5.74) is 3.61. The van der Waals surface area contributed by atoms with Crippen molar-refractivity contribution in [1.29, 1.82) is 0 Å². The van der Waals surface area contributed by atoms with Gasteiger partial charge in [0.25, 0.3) is 0 Å². The van der Waals surface area contributed by atoms with Crippen LogP contribution in [0.25, 0.3) is 0 Å². The highest BCUT2D eigenvalue weighted by atomic mass is 35.5. The van der Waals surface area contributed by atoms with E-state index in [0.29, 0.717) is 22.0 Å². The van der Waals surface area contributed by atoms with Crippen LogP contribution in [0.1, 0.15) is 37.2 Å². The summed E-state index contributed by atoms with van der Waals surface area (Å²) in [6, 6.07) is 4.07. The summed E-state index contributed by atoms with van der Waals surface area (Å²) in [6.07, 6.45) is 1.53. The number of aromatic nitrogens is 2. The Morgan fingerprint density at radius 2 is 2.14 bits per heavy atom. The Kier molecular flexibility index (Phi) is 4.82. The Balaban J connectivity index is 2.52. The number of hydrazine groups is 1. The van der Waals surface area contributed by atoms with E-state index in [0.717, 1.165) is 0 Å². The molecule has 0 aliphatic rings.